The molecule has 0 fully saturated rings. The maximum absolute atomic E-state index is 5.83. The first-order valence-corrected chi connectivity index (χ1v) is 6.25. The van der Waals surface area contributed by atoms with Crippen molar-refractivity contribution < 1.29 is 4.74 Å². The van der Waals surface area contributed by atoms with Crippen molar-refractivity contribution in [1.29, 1.82) is 0 Å². The molecule has 90 valence electrons. The molecule has 0 spiro atoms. The van der Waals surface area contributed by atoms with Crippen LogP contribution in [0.3, 0.4) is 0 Å². The van der Waals surface area contributed by atoms with E-state index in [0.717, 1.165) is 29.9 Å². The predicted molar refractivity (Wildman–Crippen MR) is 72.2 cm³/mol. The van der Waals surface area contributed by atoms with Gasteiger partial charge >= 0.3 is 0 Å². The molecule has 0 saturated carbocycles. The van der Waals surface area contributed by atoms with Gasteiger partial charge in [0.25, 0.3) is 0 Å². The Morgan fingerprint density at radius 2 is 2.18 bits per heavy atom. The lowest BCUT2D eigenvalue weighted by molar-refractivity contribution is 0.275. The van der Waals surface area contributed by atoms with Gasteiger partial charge in [0.05, 0.1) is 6.54 Å². The fourth-order valence-electron chi connectivity index (χ4n) is 1.91. The van der Waals surface area contributed by atoms with Crippen LogP contribution in [-0.2, 0) is 4.74 Å². The lowest BCUT2D eigenvalue weighted by atomic mass is 10.0. The first-order valence-electron chi connectivity index (χ1n) is 6.25. The maximum Gasteiger partial charge on any atom is 0.184 e. The van der Waals surface area contributed by atoms with E-state index in [2.05, 4.69) is 30.6 Å². The Morgan fingerprint density at radius 3 is 2.88 bits per heavy atom. The van der Waals surface area contributed by atoms with Crippen molar-refractivity contribution >= 4 is 11.5 Å². The molecular formula is C15H19NO. The first kappa shape index (κ1) is 11.9. The van der Waals surface area contributed by atoms with Crippen LogP contribution in [0.25, 0.3) is 5.57 Å². The molecule has 1 aromatic rings. The summed E-state index contributed by atoms with van der Waals surface area (Å²) in [7, 11) is 0. The molecule has 1 heterocycles. The van der Waals surface area contributed by atoms with E-state index in [0.29, 0.717) is 6.54 Å². The molecule has 2 rings (SSSR count). The van der Waals surface area contributed by atoms with Gasteiger partial charge in [0.2, 0.25) is 0 Å². The topological polar surface area (TPSA) is 21.6 Å². The number of unbranched alkanes of at least 4 members (excludes halogenated alkanes) is 1. The molecule has 1 atom stereocenters. The lowest BCUT2D eigenvalue weighted by Crippen LogP contribution is -2.14. The van der Waals surface area contributed by atoms with Crippen molar-refractivity contribution in [2.24, 2.45) is 4.99 Å². The van der Waals surface area contributed by atoms with Gasteiger partial charge in [-0.25, -0.2) is 0 Å². The van der Waals surface area contributed by atoms with Crippen LogP contribution in [0.4, 0.5) is 0 Å². The van der Waals surface area contributed by atoms with E-state index in [4.69, 9.17) is 4.74 Å². The van der Waals surface area contributed by atoms with Crippen molar-refractivity contribution in [3.8, 4) is 0 Å². The van der Waals surface area contributed by atoms with Gasteiger partial charge in [-0.15, -0.1) is 0 Å². The summed E-state index contributed by atoms with van der Waals surface area (Å²) < 4.78 is 5.83. The zero-order valence-corrected chi connectivity index (χ0v) is 10.4. The van der Waals surface area contributed by atoms with Crippen molar-refractivity contribution in [2.75, 3.05) is 6.54 Å². The molecule has 1 aromatic carbocycles. The Hall–Kier alpha value is -1.57. The number of ether oxygens (including phenoxy) is 1. The first-order chi connectivity index (χ1) is 8.31. The van der Waals surface area contributed by atoms with Crippen LogP contribution in [-0.4, -0.2) is 18.5 Å². The minimum Gasteiger partial charge on any atom is -0.471 e. The zero-order valence-electron chi connectivity index (χ0n) is 10.4. The lowest BCUT2D eigenvalue weighted by Gasteiger charge is -2.14. The van der Waals surface area contributed by atoms with Gasteiger partial charge in [-0.1, -0.05) is 50.3 Å². The molecule has 1 aliphatic rings. The minimum absolute atomic E-state index is 0.0317. The standard InChI is InChI=1S/C15H19NO/c1-3-4-10-15-16-11-14(17-15)12(2)13-8-6-5-7-9-13/h5-9,14H,2-4,10-11H2,1H3. The second-order valence-electron chi connectivity index (χ2n) is 4.34. The maximum atomic E-state index is 5.83. The van der Waals surface area contributed by atoms with Gasteiger partial charge in [0.1, 0.15) is 6.10 Å². The minimum atomic E-state index is 0.0317. The number of rotatable bonds is 5. The largest absolute Gasteiger partial charge is 0.471 e. The molecule has 0 aliphatic carbocycles. The van der Waals surface area contributed by atoms with Crippen LogP contribution in [0.15, 0.2) is 41.9 Å². The average molecular weight is 229 g/mol. The van der Waals surface area contributed by atoms with E-state index in [1.54, 1.807) is 0 Å². The molecule has 0 bridgehead atoms. The summed E-state index contributed by atoms with van der Waals surface area (Å²) in [6.45, 7) is 7.01. The van der Waals surface area contributed by atoms with Crippen LogP contribution in [0.2, 0.25) is 0 Å². The van der Waals surface area contributed by atoms with Crippen molar-refractivity contribution in [3.63, 3.8) is 0 Å². The highest BCUT2D eigenvalue weighted by Gasteiger charge is 2.22. The molecule has 0 aromatic heterocycles. The molecule has 1 unspecified atom stereocenters. The monoisotopic (exact) mass is 229 g/mol. The van der Waals surface area contributed by atoms with Crippen LogP contribution in [0, 0.1) is 0 Å². The predicted octanol–water partition coefficient (Wildman–Crippen LogP) is 3.69. The highest BCUT2D eigenvalue weighted by atomic mass is 16.5. The average Bonchev–Trinajstić information content (AvgIpc) is 2.85. The van der Waals surface area contributed by atoms with E-state index >= 15 is 0 Å². The van der Waals surface area contributed by atoms with Gasteiger partial charge < -0.3 is 4.74 Å². The number of hydrogen-bond acceptors (Lipinski definition) is 2. The number of benzene rings is 1. The quantitative estimate of drug-likeness (QED) is 0.754. The van der Waals surface area contributed by atoms with E-state index in [1.165, 1.54) is 6.42 Å². The Kier molecular flexibility index (Phi) is 3.97. The fraction of sp³-hybridized carbons (Fsp3) is 0.400. The molecule has 2 nitrogen and oxygen atoms in total. The molecular weight excluding hydrogens is 210 g/mol. The van der Waals surface area contributed by atoms with Crippen molar-refractivity contribution in [2.45, 2.75) is 32.3 Å². The molecule has 0 saturated heterocycles. The molecule has 0 radical (unpaired) electrons. The Balaban J connectivity index is 1.92. The van der Waals surface area contributed by atoms with Gasteiger partial charge in [-0.2, -0.15) is 0 Å². The fourth-order valence-corrected chi connectivity index (χ4v) is 1.91. The Bertz CT molecular complexity index is 408. The third kappa shape index (κ3) is 2.96. The second-order valence-corrected chi connectivity index (χ2v) is 4.34. The number of hydrogen-bond donors (Lipinski definition) is 0. The van der Waals surface area contributed by atoms with E-state index in [-0.39, 0.29) is 6.10 Å². The highest BCUT2D eigenvalue weighted by Crippen LogP contribution is 2.23. The van der Waals surface area contributed by atoms with Crippen LogP contribution < -0.4 is 0 Å². The molecule has 0 N–H and O–H groups in total. The number of aliphatic imine (C=N–C) groups is 1. The summed E-state index contributed by atoms with van der Waals surface area (Å²) >= 11 is 0. The Morgan fingerprint density at radius 1 is 1.41 bits per heavy atom. The summed E-state index contributed by atoms with van der Waals surface area (Å²) in [4.78, 5) is 4.43. The molecule has 0 amide bonds. The van der Waals surface area contributed by atoms with Crippen LogP contribution in [0.1, 0.15) is 31.7 Å². The van der Waals surface area contributed by atoms with Gasteiger partial charge in [-0.05, 0) is 17.6 Å². The second kappa shape index (κ2) is 5.67. The SMILES string of the molecule is C=C(c1ccccc1)C1CN=C(CCCC)O1. The third-order valence-corrected chi connectivity index (χ3v) is 2.99. The van der Waals surface area contributed by atoms with Crippen molar-refractivity contribution in [3.05, 3.63) is 42.5 Å². The van der Waals surface area contributed by atoms with Gasteiger partial charge in [0, 0.05) is 6.42 Å². The summed E-state index contributed by atoms with van der Waals surface area (Å²) in [6, 6.07) is 10.2. The van der Waals surface area contributed by atoms with Crippen molar-refractivity contribution in [1.82, 2.24) is 0 Å². The van der Waals surface area contributed by atoms with E-state index < -0.39 is 0 Å². The zero-order chi connectivity index (χ0) is 12.1. The van der Waals surface area contributed by atoms with Crippen LogP contribution >= 0.6 is 0 Å². The summed E-state index contributed by atoms with van der Waals surface area (Å²) in [5.74, 6) is 0.897. The number of nitrogens with zero attached hydrogens (tertiary/aromatic N) is 1. The van der Waals surface area contributed by atoms with Gasteiger partial charge in [-0.3, -0.25) is 4.99 Å². The summed E-state index contributed by atoms with van der Waals surface area (Å²) in [6.07, 6.45) is 3.30. The third-order valence-electron chi connectivity index (χ3n) is 2.99. The molecule has 2 heteroatoms. The highest BCUT2D eigenvalue weighted by molar-refractivity contribution is 5.81. The smallest absolute Gasteiger partial charge is 0.184 e. The Labute approximate surface area is 103 Å². The molecule has 1 aliphatic heterocycles. The normalized spacial score (nSPS) is 18.6. The summed E-state index contributed by atoms with van der Waals surface area (Å²) in [5, 5.41) is 0. The molecule has 17 heavy (non-hydrogen) atoms. The van der Waals surface area contributed by atoms with E-state index in [1.807, 2.05) is 18.2 Å². The van der Waals surface area contributed by atoms with Crippen LogP contribution in [0.5, 0.6) is 0 Å². The summed E-state index contributed by atoms with van der Waals surface area (Å²) in [5.41, 5.74) is 2.17. The van der Waals surface area contributed by atoms with E-state index in [9.17, 15) is 0 Å². The van der Waals surface area contributed by atoms with Gasteiger partial charge in [0.15, 0.2) is 5.90 Å².